The highest BCUT2D eigenvalue weighted by molar-refractivity contribution is 7.45. The highest BCUT2D eigenvalue weighted by atomic mass is 31.2. The standard InChI is InChI=1S/C23H40NO8P/c1-13(2)4-19-21(20(26)14(3)31-19)32-33(28,29)30-12-18(11-25)24-22(27)23-8-15-5-16(9-23)7-17(6-15)10-23/h13-21,25-26H,4-12H2,1-3H3,(H,24,27)(H,28,29)/p-1/t14-,15?,16?,17?,18?,19+,20-,21+,23?/m0/s1. The van der Waals surface area contributed by atoms with Crippen molar-refractivity contribution in [1.29, 1.82) is 0 Å². The number of rotatable bonds is 10. The van der Waals surface area contributed by atoms with Gasteiger partial charge in [-0.1, -0.05) is 13.8 Å². The van der Waals surface area contributed by atoms with E-state index in [4.69, 9.17) is 13.8 Å². The van der Waals surface area contributed by atoms with Crippen LogP contribution in [-0.2, 0) is 23.1 Å². The number of aliphatic hydroxyl groups is 2. The normalized spacial score (nSPS) is 42.5. The molecule has 0 spiro atoms. The number of ether oxygens (including phenoxy) is 1. The summed E-state index contributed by atoms with van der Waals surface area (Å²) >= 11 is 0. The summed E-state index contributed by atoms with van der Waals surface area (Å²) in [4.78, 5) is 25.7. The second-order valence-corrected chi connectivity index (χ2v) is 12.7. The fourth-order valence-electron chi connectivity index (χ4n) is 6.93. The zero-order valence-electron chi connectivity index (χ0n) is 19.9. The topological polar surface area (TPSA) is 137 Å². The summed E-state index contributed by atoms with van der Waals surface area (Å²) in [7, 11) is -4.81. The SMILES string of the molecule is CC(C)C[C@H]1O[C@@H](C)[C@H](O)[C@@H]1OP(=O)([O-])OCC(CO)NC(=O)C12CC3CC(CC(C3)C1)C2. The van der Waals surface area contributed by atoms with Crippen LogP contribution in [0.4, 0.5) is 0 Å². The van der Waals surface area contributed by atoms with E-state index in [9.17, 15) is 24.5 Å². The second kappa shape index (κ2) is 9.84. The van der Waals surface area contributed by atoms with E-state index in [1.807, 2.05) is 13.8 Å². The molecular formula is C23H39NO8P-. The van der Waals surface area contributed by atoms with E-state index < -0.39 is 56.9 Å². The number of hydrogen-bond acceptors (Lipinski definition) is 8. The average molecular weight is 489 g/mol. The predicted octanol–water partition coefficient (Wildman–Crippen LogP) is 1.74. The molecule has 0 aromatic carbocycles. The number of phosphoric ester groups is 1. The molecule has 1 heterocycles. The van der Waals surface area contributed by atoms with Crippen molar-refractivity contribution in [3.8, 4) is 0 Å². The van der Waals surface area contributed by atoms with Gasteiger partial charge >= 0.3 is 0 Å². The van der Waals surface area contributed by atoms with Gasteiger partial charge < -0.3 is 34.2 Å². The van der Waals surface area contributed by atoms with Crippen molar-refractivity contribution in [2.24, 2.45) is 29.1 Å². The molecule has 33 heavy (non-hydrogen) atoms. The maximum absolute atomic E-state index is 13.2. The van der Waals surface area contributed by atoms with Crippen LogP contribution in [0.3, 0.4) is 0 Å². The van der Waals surface area contributed by atoms with E-state index in [-0.39, 0.29) is 11.8 Å². The van der Waals surface area contributed by atoms with Gasteiger partial charge in [0.2, 0.25) is 5.91 Å². The summed E-state index contributed by atoms with van der Waals surface area (Å²) in [6.07, 6.45) is 3.53. The Labute approximate surface area is 196 Å². The molecule has 4 saturated carbocycles. The Morgan fingerprint density at radius 3 is 2.30 bits per heavy atom. The van der Waals surface area contributed by atoms with Gasteiger partial charge in [0, 0.05) is 5.41 Å². The first kappa shape index (κ1) is 25.5. The lowest BCUT2D eigenvalue weighted by Crippen LogP contribution is -2.56. The lowest BCUT2D eigenvalue weighted by molar-refractivity contribution is -0.234. The van der Waals surface area contributed by atoms with Crippen molar-refractivity contribution in [2.45, 2.75) is 96.2 Å². The van der Waals surface area contributed by atoms with Gasteiger partial charge in [0.25, 0.3) is 7.82 Å². The summed E-state index contributed by atoms with van der Waals surface area (Å²) in [6, 6.07) is -0.855. The summed E-state index contributed by atoms with van der Waals surface area (Å²) in [5, 5.41) is 22.9. The molecule has 190 valence electrons. The van der Waals surface area contributed by atoms with E-state index in [2.05, 4.69) is 5.32 Å². The average Bonchev–Trinajstić information content (AvgIpc) is 2.96. The highest BCUT2D eigenvalue weighted by Gasteiger charge is 2.54. The van der Waals surface area contributed by atoms with E-state index in [0.29, 0.717) is 24.2 Å². The molecular weight excluding hydrogens is 449 g/mol. The number of aliphatic hydroxyl groups excluding tert-OH is 2. The van der Waals surface area contributed by atoms with Crippen LogP contribution < -0.4 is 10.2 Å². The third kappa shape index (κ3) is 5.66. The minimum absolute atomic E-state index is 0.101. The first-order valence-electron chi connectivity index (χ1n) is 12.4. The van der Waals surface area contributed by atoms with Gasteiger partial charge in [0.15, 0.2) is 0 Å². The first-order valence-corrected chi connectivity index (χ1v) is 13.9. The molecule has 6 atom stereocenters. The van der Waals surface area contributed by atoms with Crippen LogP contribution >= 0.6 is 7.82 Å². The fraction of sp³-hybridized carbons (Fsp3) is 0.957. The first-order chi connectivity index (χ1) is 15.5. The van der Waals surface area contributed by atoms with Gasteiger partial charge in [0.1, 0.15) is 12.2 Å². The Hall–Kier alpha value is -0.540. The number of hydrogen-bond donors (Lipinski definition) is 3. The van der Waals surface area contributed by atoms with Crippen molar-refractivity contribution >= 4 is 13.7 Å². The Morgan fingerprint density at radius 1 is 1.21 bits per heavy atom. The van der Waals surface area contributed by atoms with Crippen LogP contribution in [-0.4, -0.2) is 59.8 Å². The van der Waals surface area contributed by atoms with E-state index in [1.54, 1.807) is 6.92 Å². The monoisotopic (exact) mass is 488 g/mol. The molecule has 2 unspecified atom stereocenters. The lowest BCUT2D eigenvalue weighted by atomic mass is 9.49. The number of carbonyl (C=O) groups excluding carboxylic acids is 1. The largest absolute Gasteiger partial charge is 0.756 e. The van der Waals surface area contributed by atoms with Gasteiger partial charge in [-0.25, -0.2) is 0 Å². The molecule has 10 heteroatoms. The van der Waals surface area contributed by atoms with E-state index >= 15 is 0 Å². The molecule has 1 aliphatic heterocycles. The molecule has 1 amide bonds. The van der Waals surface area contributed by atoms with Crippen molar-refractivity contribution in [2.75, 3.05) is 13.2 Å². The summed E-state index contributed by atoms with van der Waals surface area (Å²) in [5.41, 5.74) is -0.397. The third-order valence-corrected chi connectivity index (χ3v) is 9.00. The van der Waals surface area contributed by atoms with E-state index in [1.165, 1.54) is 19.3 Å². The number of phosphoric acid groups is 1. The number of nitrogens with one attached hydrogen (secondary N) is 1. The minimum Gasteiger partial charge on any atom is -0.756 e. The smallest absolute Gasteiger partial charge is 0.268 e. The molecule has 5 aliphatic rings. The molecule has 5 rings (SSSR count). The van der Waals surface area contributed by atoms with Crippen LogP contribution in [0, 0.1) is 29.1 Å². The molecule has 4 aliphatic carbocycles. The highest BCUT2D eigenvalue weighted by Crippen LogP contribution is 2.60. The van der Waals surface area contributed by atoms with Gasteiger partial charge in [-0.2, -0.15) is 0 Å². The molecule has 0 radical (unpaired) electrons. The molecule has 0 aromatic rings. The van der Waals surface area contributed by atoms with Crippen LogP contribution in [0.1, 0.15) is 65.7 Å². The quantitative estimate of drug-likeness (QED) is 0.396. The zero-order valence-corrected chi connectivity index (χ0v) is 20.7. The maximum Gasteiger partial charge on any atom is 0.268 e. The van der Waals surface area contributed by atoms with E-state index in [0.717, 1.165) is 19.3 Å². The number of carbonyl (C=O) groups is 1. The fourth-order valence-corrected chi connectivity index (χ4v) is 7.92. The van der Waals surface area contributed by atoms with Crippen molar-refractivity contribution in [1.82, 2.24) is 5.32 Å². The van der Waals surface area contributed by atoms with Crippen molar-refractivity contribution in [3.63, 3.8) is 0 Å². The maximum atomic E-state index is 13.2. The zero-order chi connectivity index (χ0) is 24.0. The Morgan fingerprint density at radius 2 is 1.79 bits per heavy atom. The Bertz CT molecular complexity index is 723. The lowest BCUT2D eigenvalue weighted by Gasteiger charge is -2.55. The van der Waals surface area contributed by atoms with Gasteiger partial charge in [0.05, 0.1) is 31.5 Å². The Balaban J connectivity index is 1.32. The minimum atomic E-state index is -4.81. The Kier molecular flexibility index (Phi) is 7.62. The third-order valence-electron chi connectivity index (χ3n) is 8.04. The van der Waals surface area contributed by atoms with Crippen LogP contribution in [0.2, 0.25) is 0 Å². The second-order valence-electron chi connectivity index (χ2n) is 11.4. The molecule has 4 bridgehead atoms. The summed E-state index contributed by atoms with van der Waals surface area (Å²) < 4.78 is 28.4. The number of amides is 1. The van der Waals surface area contributed by atoms with Crippen molar-refractivity contribution < 1.29 is 38.3 Å². The van der Waals surface area contributed by atoms with Crippen LogP contribution in [0.5, 0.6) is 0 Å². The van der Waals surface area contributed by atoms with Crippen LogP contribution in [0.15, 0.2) is 0 Å². The van der Waals surface area contributed by atoms with Gasteiger partial charge in [-0.15, -0.1) is 0 Å². The van der Waals surface area contributed by atoms with Gasteiger partial charge in [-0.05, 0) is 75.5 Å². The molecule has 9 nitrogen and oxygen atoms in total. The van der Waals surface area contributed by atoms with Crippen molar-refractivity contribution in [3.05, 3.63) is 0 Å². The van der Waals surface area contributed by atoms with Gasteiger partial charge in [-0.3, -0.25) is 9.36 Å². The summed E-state index contributed by atoms with van der Waals surface area (Å²) in [5.74, 6) is 1.92. The summed E-state index contributed by atoms with van der Waals surface area (Å²) in [6.45, 7) is 4.74. The molecule has 5 fully saturated rings. The molecule has 3 N–H and O–H groups in total. The molecule has 1 saturated heterocycles. The molecule has 0 aromatic heterocycles. The van der Waals surface area contributed by atoms with Crippen LogP contribution in [0.25, 0.3) is 0 Å². The predicted molar refractivity (Wildman–Crippen MR) is 118 cm³/mol.